The highest BCUT2D eigenvalue weighted by Gasteiger charge is 2.15. The second kappa shape index (κ2) is 7.70. The average Bonchev–Trinajstić information content (AvgIpc) is 3.06. The molecular formula is C22H16O5S. The van der Waals surface area contributed by atoms with Crippen LogP contribution in [0.25, 0.3) is 21.4 Å². The van der Waals surface area contributed by atoms with Crippen molar-refractivity contribution in [2.24, 2.45) is 0 Å². The van der Waals surface area contributed by atoms with Gasteiger partial charge in [0.05, 0.1) is 4.70 Å². The fourth-order valence-electron chi connectivity index (χ4n) is 2.85. The van der Waals surface area contributed by atoms with Crippen molar-refractivity contribution < 1.29 is 18.7 Å². The molecule has 0 saturated heterocycles. The number of rotatable bonds is 5. The molecule has 4 rings (SSSR count). The zero-order valence-electron chi connectivity index (χ0n) is 15.0. The van der Waals surface area contributed by atoms with Crippen molar-refractivity contribution in [2.75, 3.05) is 6.61 Å². The van der Waals surface area contributed by atoms with Crippen LogP contribution in [0.5, 0.6) is 11.5 Å². The molecule has 0 N–H and O–H groups in total. The topological polar surface area (TPSA) is 65.7 Å². The Morgan fingerprint density at radius 1 is 1.00 bits per heavy atom. The van der Waals surface area contributed by atoms with Gasteiger partial charge in [-0.25, -0.2) is 9.59 Å². The van der Waals surface area contributed by atoms with Crippen LogP contribution in [0.1, 0.15) is 5.56 Å². The monoisotopic (exact) mass is 392 g/mol. The Morgan fingerprint density at radius 2 is 1.82 bits per heavy atom. The first-order valence-electron chi connectivity index (χ1n) is 8.62. The van der Waals surface area contributed by atoms with Crippen molar-refractivity contribution in [3.05, 3.63) is 82.0 Å². The number of carbonyl (C=O) groups excluding carboxylic acids is 1. The van der Waals surface area contributed by atoms with Crippen molar-refractivity contribution in [1.82, 2.24) is 0 Å². The van der Waals surface area contributed by atoms with Gasteiger partial charge in [-0.1, -0.05) is 53.8 Å². The number of aryl methyl sites for hydroxylation is 1. The van der Waals surface area contributed by atoms with E-state index in [0.717, 1.165) is 22.5 Å². The Balaban J connectivity index is 1.58. The lowest BCUT2D eigenvalue weighted by Crippen LogP contribution is -2.17. The highest BCUT2D eigenvalue weighted by atomic mass is 32.1. The van der Waals surface area contributed by atoms with Gasteiger partial charge in [0.15, 0.2) is 12.2 Å². The van der Waals surface area contributed by atoms with Crippen molar-refractivity contribution in [1.29, 1.82) is 0 Å². The minimum absolute atomic E-state index is 0.218. The maximum Gasteiger partial charge on any atom is 0.396 e. The standard InChI is InChI=1S/C22H16O5S/c1-14-6-5-9-16(10-14)25-13-20(23)26-17-11-18(15-7-3-2-4-8-15)21-19(12-17)28-22(24)27-21/h2-12H,13H2,1H3. The van der Waals surface area contributed by atoms with E-state index in [-0.39, 0.29) is 6.61 Å². The molecule has 0 aliphatic heterocycles. The van der Waals surface area contributed by atoms with Gasteiger partial charge in [-0.15, -0.1) is 0 Å². The molecule has 0 atom stereocenters. The largest absolute Gasteiger partial charge is 0.482 e. The van der Waals surface area contributed by atoms with E-state index >= 15 is 0 Å². The van der Waals surface area contributed by atoms with Crippen LogP contribution >= 0.6 is 11.3 Å². The molecule has 5 nitrogen and oxygen atoms in total. The van der Waals surface area contributed by atoms with Gasteiger partial charge in [0, 0.05) is 11.6 Å². The summed E-state index contributed by atoms with van der Waals surface area (Å²) < 4.78 is 16.9. The van der Waals surface area contributed by atoms with Gasteiger partial charge in [0.25, 0.3) is 0 Å². The molecular weight excluding hydrogens is 376 g/mol. The molecule has 140 valence electrons. The van der Waals surface area contributed by atoms with Crippen molar-refractivity contribution in [2.45, 2.75) is 6.92 Å². The van der Waals surface area contributed by atoms with Crippen LogP contribution in [0.15, 0.2) is 75.9 Å². The van der Waals surface area contributed by atoms with E-state index in [2.05, 4.69) is 0 Å². The summed E-state index contributed by atoms with van der Waals surface area (Å²) in [7, 11) is 0. The maximum atomic E-state index is 12.2. The summed E-state index contributed by atoms with van der Waals surface area (Å²) in [5.41, 5.74) is 3.08. The van der Waals surface area contributed by atoms with Gasteiger partial charge in [0.1, 0.15) is 11.5 Å². The first kappa shape index (κ1) is 18.0. The van der Waals surface area contributed by atoms with E-state index in [1.54, 1.807) is 18.2 Å². The third kappa shape index (κ3) is 3.97. The predicted octanol–water partition coefficient (Wildman–Crippen LogP) is 4.81. The Labute approximate surface area is 164 Å². The van der Waals surface area contributed by atoms with Crippen LogP contribution < -0.4 is 14.4 Å². The number of hydrogen-bond acceptors (Lipinski definition) is 6. The molecule has 3 aromatic carbocycles. The third-order valence-electron chi connectivity index (χ3n) is 4.07. The zero-order chi connectivity index (χ0) is 19.5. The highest BCUT2D eigenvalue weighted by molar-refractivity contribution is 7.16. The fourth-order valence-corrected chi connectivity index (χ4v) is 3.58. The van der Waals surface area contributed by atoms with E-state index in [4.69, 9.17) is 13.9 Å². The summed E-state index contributed by atoms with van der Waals surface area (Å²) in [5, 5.41) is 0. The van der Waals surface area contributed by atoms with E-state index < -0.39 is 10.9 Å². The summed E-state index contributed by atoms with van der Waals surface area (Å²) in [6.45, 7) is 1.73. The molecule has 1 heterocycles. The van der Waals surface area contributed by atoms with Crippen molar-refractivity contribution in [3.63, 3.8) is 0 Å². The summed E-state index contributed by atoms with van der Waals surface area (Å²) in [6.07, 6.45) is 0. The minimum Gasteiger partial charge on any atom is -0.482 e. The lowest BCUT2D eigenvalue weighted by Gasteiger charge is -2.09. The maximum absolute atomic E-state index is 12.2. The quantitative estimate of drug-likeness (QED) is 0.360. The van der Waals surface area contributed by atoms with Gasteiger partial charge >= 0.3 is 10.9 Å². The lowest BCUT2D eigenvalue weighted by molar-refractivity contribution is -0.136. The van der Waals surface area contributed by atoms with E-state index in [1.807, 2.05) is 55.5 Å². The Kier molecular flexibility index (Phi) is 4.95. The number of ether oxygens (including phenoxy) is 2. The molecule has 0 saturated carbocycles. The van der Waals surface area contributed by atoms with Crippen LogP contribution in [0.2, 0.25) is 0 Å². The van der Waals surface area contributed by atoms with Gasteiger partial charge in [-0.2, -0.15) is 0 Å². The Morgan fingerprint density at radius 3 is 2.61 bits per heavy atom. The summed E-state index contributed by atoms with van der Waals surface area (Å²) in [6, 6.07) is 20.2. The molecule has 0 unspecified atom stereocenters. The summed E-state index contributed by atoms with van der Waals surface area (Å²) in [5.74, 6) is 0.405. The number of carbonyl (C=O) groups is 1. The predicted molar refractivity (Wildman–Crippen MR) is 108 cm³/mol. The molecule has 28 heavy (non-hydrogen) atoms. The Hall–Kier alpha value is -3.38. The number of esters is 1. The molecule has 0 aliphatic rings. The second-order valence-corrected chi connectivity index (χ2v) is 7.17. The molecule has 0 bridgehead atoms. The molecule has 0 radical (unpaired) electrons. The van der Waals surface area contributed by atoms with E-state index in [9.17, 15) is 9.59 Å². The SMILES string of the molecule is Cc1cccc(OCC(=O)Oc2cc(-c3ccccc3)c3oc(=O)sc3c2)c1. The smallest absolute Gasteiger partial charge is 0.396 e. The molecule has 0 spiro atoms. The molecule has 0 amide bonds. The van der Waals surface area contributed by atoms with E-state index in [0.29, 0.717) is 27.3 Å². The second-order valence-electron chi connectivity index (χ2n) is 6.20. The van der Waals surface area contributed by atoms with Crippen LogP contribution in [0.3, 0.4) is 0 Å². The third-order valence-corrected chi connectivity index (χ3v) is 4.84. The fraction of sp³-hybridized carbons (Fsp3) is 0.0909. The summed E-state index contributed by atoms with van der Waals surface area (Å²) in [4.78, 5) is 23.5. The van der Waals surface area contributed by atoms with Crippen molar-refractivity contribution >= 4 is 27.6 Å². The lowest BCUT2D eigenvalue weighted by atomic mass is 10.0. The molecule has 0 fully saturated rings. The van der Waals surface area contributed by atoms with Crippen LogP contribution in [-0.2, 0) is 4.79 Å². The van der Waals surface area contributed by atoms with Gasteiger partial charge in [-0.05, 0) is 36.2 Å². The van der Waals surface area contributed by atoms with Crippen LogP contribution in [0.4, 0.5) is 0 Å². The number of fused-ring (bicyclic) bond motifs is 1. The molecule has 1 aromatic heterocycles. The van der Waals surface area contributed by atoms with Crippen molar-refractivity contribution in [3.8, 4) is 22.6 Å². The first-order valence-corrected chi connectivity index (χ1v) is 9.43. The molecule has 6 heteroatoms. The highest BCUT2D eigenvalue weighted by Crippen LogP contribution is 2.34. The molecule has 0 aliphatic carbocycles. The first-order chi connectivity index (χ1) is 13.6. The average molecular weight is 392 g/mol. The minimum atomic E-state index is -0.532. The Bertz CT molecular complexity index is 1190. The van der Waals surface area contributed by atoms with Gasteiger partial charge in [0.2, 0.25) is 0 Å². The van der Waals surface area contributed by atoms with Gasteiger partial charge < -0.3 is 13.9 Å². The number of hydrogen-bond donors (Lipinski definition) is 0. The normalized spacial score (nSPS) is 10.8. The van der Waals surface area contributed by atoms with Crippen LogP contribution in [0, 0.1) is 6.92 Å². The number of benzene rings is 3. The molecule has 4 aromatic rings. The zero-order valence-corrected chi connectivity index (χ0v) is 15.8. The summed E-state index contributed by atoms with van der Waals surface area (Å²) >= 11 is 0.969. The van der Waals surface area contributed by atoms with Gasteiger partial charge in [-0.3, -0.25) is 0 Å². The van der Waals surface area contributed by atoms with E-state index in [1.165, 1.54) is 0 Å². The van der Waals surface area contributed by atoms with Crippen LogP contribution in [-0.4, -0.2) is 12.6 Å².